The summed E-state index contributed by atoms with van der Waals surface area (Å²) in [5.74, 6) is -0.758. The number of halogens is 2. The minimum absolute atomic E-state index is 0.0262. The van der Waals surface area contributed by atoms with Crippen LogP contribution < -0.4 is 15.6 Å². The Balaban J connectivity index is 1.72. The summed E-state index contributed by atoms with van der Waals surface area (Å²) in [5.41, 5.74) is 3.62. The molecule has 0 aliphatic carbocycles. The molecule has 0 fully saturated rings. The number of carbonyl (C=O) groups is 2. The summed E-state index contributed by atoms with van der Waals surface area (Å²) in [6.45, 7) is 0.528. The van der Waals surface area contributed by atoms with E-state index in [0.717, 1.165) is 16.5 Å². The highest BCUT2D eigenvalue weighted by Crippen LogP contribution is 2.40. The first-order valence-electron chi connectivity index (χ1n) is 10.5. The minimum Gasteiger partial charge on any atom is -0.506 e. The summed E-state index contributed by atoms with van der Waals surface area (Å²) in [4.78, 5) is 26.2. The fraction of sp³-hybridized carbons (Fsp3) is 0.208. The number of rotatable bonds is 9. The molecule has 3 rings (SSSR count). The largest absolute Gasteiger partial charge is 0.506 e. The fourth-order valence-electron chi connectivity index (χ4n) is 3.33. The molecule has 3 aromatic carbocycles. The Morgan fingerprint density at radius 3 is 2.50 bits per heavy atom. The summed E-state index contributed by atoms with van der Waals surface area (Å²) in [7, 11) is 1.60. The summed E-state index contributed by atoms with van der Waals surface area (Å²) in [5, 5.41) is 28.6. The molecule has 0 aliphatic rings. The van der Waals surface area contributed by atoms with Crippen LogP contribution in [0.15, 0.2) is 62.6 Å². The van der Waals surface area contributed by atoms with E-state index in [0.29, 0.717) is 29.4 Å². The number of benzene rings is 3. The lowest BCUT2D eigenvalue weighted by atomic mass is 10.1. The average Bonchev–Trinajstić information content (AvgIpc) is 2.84. The molecule has 0 aliphatic heterocycles. The van der Waals surface area contributed by atoms with Gasteiger partial charge in [0.15, 0.2) is 0 Å². The van der Waals surface area contributed by atoms with E-state index in [-0.39, 0.29) is 34.3 Å². The predicted molar refractivity (Wildman–Crippen MR) is 140 cm³/mol. The van der Waals surface area contributed by atoms with E-state index in [1.165, 1.54) is 12.3 Å². The predicted octanol–water partition coefficient (Wildman–Crippen LogP) is 4.26. The molecular weight excluding hydrogens is 568 g/mol. The van der Waals surface area contributed by atoms with Crippen LogP contribution in [0.1, 0.15) is 18.4 Å². The molecule has 0 atom stereocenters. The third-order valence-electron chi connectivity index (χ3n) is 5.13. The lowest BCUT2D eigenvalue weighted by Crippen LogP contribution is -2.36. The first kappa shape index (κ1) is 25.5. The second-order valence-electron chi connectivity index (χ2n) is 7.48. The van der Waals surface area contributed by atoms with Crippen molar-refractivity contribution in [1.29, 1.82) is 0 Å². The van der Waals surface area contributed by atoms with E-state index < -0.39 is 0 Å². The van der Waals surface area contributed by atoms with Crippen molar-refractivity contribution in [1.82, 2.24) is 10.7 Å². The molecular formula is C24H24Br2N4O4. The van der Waals surface area contributed by atoms with Gasteiger partial charge in [0.2, 0.25) is 5.91 Å². The zero-order valence-electron chi connectivity index (χ0n) is 18.4. The normalized spacial score (nSPS) is 11.0. The molecule has 0 aromatic heterocycles. The van der Waals surface area contributed by atoms with Crippen molar-refractivity contribution in [2.75, 3.05) is 25.0 Å². The number of amides is 2. The molecule has 34 heavy (non-hydrogen) atoms. The van der Waals surface area contributed by atoms with Crippen LogP contribution in [0.3, 0.4) is 0 Å². The van der Waals surface area contributed by atoms with Crippen LogP contribution in [0, 0.1) is 0 Å². The van der Waals surface area contributed by atoms with E-state index in [4.69, 9.17) is 0 Å². The average molecular weight is 592 g/mol. The standard InChI is InChI=1S/C24H24Br2N4O4/c1-27-20(31)7-4-10-30(18-9-8-15-5-2-3-6-16(15)11-18)14-21(32)29-28-13-17-12-19(25)24(34)22(26)23(17)33/h2-3,5-6,8-9,11-13,33-34H,4,7,10,14H2,1H3,(H,27,31)(H,29,32)/b28-13+. The van der Waals surface area contributed by atoms with Crippen molar-refractivity contribution >= 4 is 66.3 Å². The number of carbonyl (C=O) groups excluding carboxylic acids is 2. The molecule has 2 amide bonds. The molecule has 0 spiro atoms. The van der Waals surface area contributed by atoms with Crippen molar-refractivity contribution in [3.63, 3.8) is 0 Å². The number of nitrogens with one attached hydrogen (secondary N) is 2. The van der Waals surface area contributed by atoms with E-state index in [1.807, 2.05) is 47.4 Å². The number of phenols is 2. The summed E-state index contributed by atoms with van der Waals surface area (Å²) in [6.07, 6.45) is 2.21. The van der Waals surface area contributed by atoms with Crippen LogP contribution >= 0.6 is 31.9 Å². The zero-order valence-corrected chi connectivity index (χ0v) is 21.6. The summed E-state index contributed by atoms with van der Waals surface area (Å²) < 4.78 is 0.483. The Kier molecular flexibility index (Phi) is 8.89. The molecule has 0 unspecified atom stereocenters. The van der Waals surface area contributed by atoms with E-state index >= 15 is 0 Å². The Morgan fingerprint density at radius 2 is 1.76 bits per heavy atom. The number of nitrogens with zero attached hydrogens (tertiary/aromatic N) is 2. The topological polar surface area (TPSA) is 114 Å². The molecule has 3 aromatic rings. The van der Waals surface area contributed by atoms with Gasteiger partial charge in [-0.15, -0.1) is 0 Å². The Bertz CT molecular complexity index is 1230. The van der Waals surface area contributed by atoms with Gasteiger partial charge >= 0.3 is 0 Å². The first-order chi connectivity index (χ1) is 16.3. The van der Waals surface area contributed by atoms with Gasteiger partial charge in [0.25, 0.3) is 5.91 Å². The van der Waals surface area contributed by atoms with Crippen LogP contribution in [0.25, 0.3) is 10.8 Å². The Labute approximate surface area is 213 Å². The molecule has 0 saturated heterocycles. The zero-order chi connectivity index (χ0) is 24.7. The van der Waals surface area contributed by atoms with Gasteiger partial charge in [-0.1, -0.05) is 30.3 Å². The molecule has 0 heterocycles. The van der Waals surface area contributed by atoms with Gasteiger partial charge in [-0.25, -0.2) is 5.43 Å². The van der Waals surface area contributed by atoms with Crippen LogP contribution in [0.4, 0.5) is 5.69 Å². The van der Waals surface area contributed by atoms with Gasteiger partial charge in [-0.05, 0) is 67.3 Å². The Morgan fingerprint density at radius 1 is 1.03 bits per heavy atom. The molecule has 4 N–H and O–H groups in total. The van der Waals surface area contributed by atoms with Crippen molar-refractivity contribution in [2.45, 2.75) is 12.8 Å². The highest BCUT2D eigenvalue weighted by Gasteiger charge is 2.14. The number of aromatic hydroxyl groups is 2. The van der Waals surface area contributed by atoms with Crippen LogP contribution in [-0.2, 0) is 9.59 Å². The number of hydrogen-bond donors (Lipinski definition) is 4. The molecule has 0 radical (unpaired) electrons. The molecule has 8 nitrogen and oxygen atoms in total. The first-order valence-corrected chi connectivity index (χ1v) is 12.0. The van der Waals surface area contributed by atoms with E-state index in [2.05, 4.69) is 47.7 Å². The number of anilines is 1. The maximum Gasteiger partial charge on any atom is 0.259 e. The van der Waals surface area contributed by atoms with E-state index in [1.54, 1.807) is 7.05 Å². The van der Waals surface area contributed by atoms with Gasteiger partial charge in [-0.3, -0.25) is 9.59 Å². The van der Waals surface area contributed by atoms with Gasteiger partial charge in [0.05, 0.1) is 17.2 Å². The van der Waals surface area contributed by atoms with Gasteiger partial charge in [0, 0.05) is 31.3 Å². The van der Waals surface area contributed by atoms with Crippen LogP contribution in [0.2, 0.25) is 0 Å². The van der Waals surface area contributed by atoms with Crippen molar-refractivity contribution in [3.05, 3.63) is 63.0 Å². The monoisotopic (exact) mass is 590 g/mol. The van der Waals surface area contributed by atoms with Crippen LogP contribution in [0.5, 0.6) is 11.5 Å². The highest BCUT2D eigenvalue weighted by molar-refractivity contribution is 9.11. The third kappa shape index (κ3) is 6.48. The minimum atomic E-state index is -0.360. The third-order valence-corrected chi connectivity index (χ3v) is 6.49. The molecule has 0 saturated carbocycles. The molecule has 178 valence electrons. The maximum absolute atomic E-state index is 12.6. The smallest absolute Gasteiger partial charge is 0.259 e. The molecule has 0 bridgehead atoms. The molecule has 10 heteroatoms. The summed E-state index contributed by atoms with van der Waals surface area (Å²) in [6, 6.07) is 15.4. The fourth-order valence-corrected chi connectivity index (χ4v) is 4.48. The summed E-state index contributed by atoms with van der Waals surface area (Å²) >= 11 is 6.29. The number of hydrogen-bond acceptors (Lipinski definition) is 6. The van der Waals surface area contributed by atoms with Crippen molar-refractivity contribution < 1.29 is 19.8 Å². The van der Waals surface area contributed by atoms with Crippen molar-refractivity contribution in [2.24, 2.45) is 5.10 Å². The number of hydrazone groups is 1. The SMILES string of the molecule is CNC(=O)CCCN(CC(=O)N/N=C/c1cc(Br)c(O)c(Br)c1O)c1ccc2ccccc2c1. The van der Waals surface area contributed by atoms with E-state index in [9.17, 15) is 19.8 Å². The van der Waals surface area contributed by atoms with Crippen LogP contribution in [-0.4, -0.2) is 48.4 Å². The highest BCUT2D eigenvalue weighted by atomic mass is 79.9. The second-order valence-corrected chi connectivity index (χ2v) is 9.13. The van der Waals surface area contributed by atoms with Crippen molar-refractivity contribution in [3.8, 4) is 11.5 Å². The second kappa shape index (κ2) is 11.8. The number of fused-ring (bicyclic) bond motifs is 1. The maximum atomic E-state index is 12.6. The lowest BCUT2D eigenvalue weighted by Gasteiger charge is -2.24. The van der Waals surface area contributed by atoms with Gasteiger partial charge in [0.1, 0.15) is 16.0 Å². The van der Waals surface area contributed by atoms with Gasteiger partial charge in [-0.2, -0.15) is 5.10 Å². The number of phenolic OH excluding ortho intramolecular Hbond substituents is 2. The van der Waals surface area contributed by atoms with Gasteiger partial charge < -0.3 is 20.4 Å². The quantitative estimate of drug-likeness (QED) is 0.219. The Hall–Kier alpha value is -3.11. The lowest BCUT2D eigenvalue weighted by molar-refractivity contribution is -0.120.